The van der Waals surface area contributed by atoms with Gasteiger partial charge < -0.3 is 25.8 Å². The molecule has 8 nitrogen and oxygen atoms in total. The highest BCUT2D eigenvalue weighted by molar-refractivity contribution is 5.88. The Morgan fingerprint density at radius 1 is 1.17 bits per heavy atom. The first-order valence-electron chi connectivity index (χ1n) is 12.2. The van der Waals surface area contributed by atoms with E-state index in [1.165, 1.54) is 6.07 Å². The largest absolute Gasteiger partial charge is 0.478 e. The SMILES string of the molecule is CC(C)[C@@H](Oc1ccc(CNC(=O)[C@@H]2CCCN2C(=O)CC(N)Cc2ccccc2F)cc1)C(=O)O. The Morgan fingerprint density at radius 2 is 1.86 bits per heavy atom. The van der Waals surface area contributed by atoms with Crippen molar-refractivity contribution < 1.29 is 28.6 Å². The summed E-state index contributed by atoms with van der Waals surface area (Å²) in [7, 11) is 0. The molecule has 1 aliphatic heterocycles. The summed E-state index contributed by atoms with van der Waals surface area (Å²) in [5, 5.41) is 12.1. The van der Waals surface area contributed by atoms with Gasteiger partial charge in [-0.25, -0.2) is 9.18 Å². The van der Waals surface area contributed by atoms with Gasteiger partial charge in [-0.3, -0.25) is 9.59 Å². The highest BCUT2D eigenvalue weighted by Gasteiger charge is 2.34. The molecule has 3 atom stereocenters. The summed E-state index contributed by atoms with van der Waals surface area (Å²) in [6.07, 6.45) is 0.624. The van der Waals surface area contributed by atoms with E-state index >= 15 is 0 Å². The van der Waals surface area contributed by atoms with E-state index in [1.54, 1.807) is 61.2 Å². The van der Waals surface area contributed by atoms with E-state index in [0.29, 0.717) is 24.3 Å². The number of carboxylic acids is 1. The fraction of sp³-hybridized carbons (Fsp3) is 0.444. The molecule has 0 aromatic heterocycles. The van der Waals surface area contributed by atoms with Crippen LogP contribution in [0.2, 0.25) is 0 Å². The maximum atomic E-state index is 13.9. The van der Waals surface area contributed by atoms with Gasteiger partial charge in [0.25, 0.3) is 0 Å². The molecule has 0 aliphatic carbocycles. The molecule has 1 unspecified atom stereocenters. The number of carbonyl (C=O) groups excluding carboxylic acids is 2. The van der Waals surface area contributed by atoms with Crippen LogP contribution in [0.5, 0.6) is 5.75 Å². The van der Waals surface area contributed by atoms with Crippen LogP contribution in [-0.4, -0.2) is 52.5 Å². The van der Waals surface area contributed by atoms with Gasteiger partial charge in [0.15, 0.2) is 6.10 Å². The van der Waals surface area contributed by atoms with Crippen molar-refractivity contribution in [2.75, 3.05) is 6.54 Å². The van der Waals surface area contributed by atoms with Gasteiger partial charge >= 0.3 is 5.97 Å². The Hall–Kier alpha value is -3.46. The Balaban J connectivity index is 1.51. The number of hydrogen-bond donors (Lipinski definition) is 3. The lowest BCUT2D eigenvalue weighted by molar-refractivity contribution is -0.147. The Morgan fingerprint density at radius 3 is 2.50 bits per heavy atom. The number of amides is 2. The van der Waals surface area contributed by atoms with Crippen LogP contribution in [0.3, 0.4) is 0 Å². The monoisotopic (exact) mass is 499 g/mol. The van der Waals surface area contributed by atoms with Gasteiger partial charge in [-0.15, -0.1) is 0 Å². The molecule has 0 bridgehead atoms. The Bertz CT molecular complexity index is 1060. The van der Waals surface area contributed by atoms with E-state index < -0.39 is 24.2 Å². The van der Waals surface area contributed by atoms with Crippen molar-refractivity contribution in [2.24, 2.45) is 11.7 Å². The van der Waals surface area contributed by atoms with Crippen LogP contribution in [0.25, 0.3) is 0 Å². The summed E-state index contributed by atoms with van der Waals surface area (Å²) in [4.78, 5) is 38.6. The standard InChI is InChI=1S/C27H34FN3O5/c1-17(2)25(27(34)35)36-21-11-9-18(10-12-21)16-30-26(33)23-8-5-13-31(23)24(32)15-20(29)14-19-6-3-4-7-22(19)28/h3-4,6-7,9-12,17,20,23,25H,5,8,13-16,29H2,1-2H3,(H,30,33)(H,34,35)/t20?,23-,25+/m0/s1. The fourth-order valence-electron chi connectivity index (χ4n) is 4.31. The molecule has 0 saturated carbocycles. The van der Waals surface area contributed by atoms with Crippen LogP contribution >= 0.6 is 0 Å². The van der Waals surface area contributed by atoms with Gasteiger partial charge in [0.2, 0.25) is 11.8 Å². The molecule has 0 spiro atoms. The second-order valence-corrected chi connectivity index (χ2v) is 9.49. The highest BCUT2D eigenvalue weighted by Crippen LogP contribution is 2.21. The second kappa shape index (κ2) is 12.5. The zero-order valence-electron chi connectivity index (χ0n) is 20.7. The van der Waals surface area contributed by atoms with Gasteiger partial charge in [-0.1, -0.05) is 44.2 Å². The van der Waals surface area contributed by atoms with E-state index in [4.69, 9.17) is 10.5 Å². The number of rotatable bonds is 11. The Labute approximate surface area is 210 Å². The first-order chi connectivity index (χ1) is 17.2. The van der Waals surface area contributed by atoms with Gasteiger partial charge in [-0.05, 0) is 48.6 Å². The van der Waals surface area contributed by atoms with Crippen LogP contribution in [0.15, 0.2) is 48.5 Å². The number of aliphatic carboxylic acids is 1. The van der Waals surface area contributed by atoms with E-state index in [-0.39, 0.29) is 42.9 Å². The third-order valence-electron chi connectivity index (χ3n) is 6.25. The Kier molecular flexibility index (Phi) is 9.41. The normalized spacial score (nSPS) is 17.0. The van der Waals surface area contributed by atoms with Crippen molar-refractivity contribution in [1.82, 2.24) is 10.2 Å². The summed E-state index contributed by atoms with van der Waals surface area (Å²) >= 11 is 0. The number of benzene rings is 2. The minimum atomic E-state index is -1.02. The molecule has 1 saturated heterocycles. The number of nitrogens with two attached hydrogens (primary N) is 1. The van der Waals surface area contributed by atoms with Gasteiger partial charge in [0.05, 0.1) is 0 Å². The number of carboxylic acid groups (broad SMARTS) is 1. The lowest BCUT2D eigenvalue weighted by Crippen LogP contribution is -2.47. The quantitative estimate of drug-likeness (QED) is 0.437. The molecular formula is C27H34FN3O5. The van der Waals surface area contributed by atoms with Crippen molar-refractivity contribution in [3.05, 3.63) is 65.5 Å². The molecule has 0 radical (unpaired) electrons. The maximum Gasteiger partial charge on any atom is 0.345 e. The minimum absolute atomic E-state index is 0.0350. The zero-order chi connectivity index (χ0) is 26.2. The van der Waals surface area contributed by atoms with Crippen LogP contribution < -0.4 is 15.8 Å². The van der Waals surface area contributed by atoms with Crippen molar-refractivity contribution in [1.29, 1.82) is 0 Å². The number of carbonyl (C=O) groups is 3. The predicted molar refractivity (Wildman–Crippen MR) is 133 cm³/mol. The summed E-state index contributed by atoms with van der Waals surface area (Å²) < 4.78 is 19.4. The summed E-state index contributed by atoms with van der Waals surface area (Å²) in [5.41, 5.74) is 7.40. The first-order valence-corrected chi connectivity index (χ1v) is 12.2. The first kappa shape index (κ1) is 27.1. The molecule has 194 valence electrons. The second-order valence-electron chi connectivity index (χ2n) is 9.49. The van der Waals surface area contributed by atoms with E-state index in [1.807, 2.05) is 0 Å². The van der Waals surface area contributed by atoms with Crippen molar-refractivity contribution in [3.8, 4) is 5.75 Å². The molecule has 9 heteroatoms. The topological polar surface area (TPSA) is 122 Å². The van der Waals surface area contributed by atoms with Crippen molar-refractivity contribution in [3.63, 3.8) is 0 Å². The summed E-state index contributed by atoms with van der Waals surface area (Å²) in [6.45, 7) is 4.29. The maximum absolute atomic E-state index is 13.9. The average molecular weight is 500 g/mol. The molecule has 1 aliphatic rings. The molecule has 1 fully saturated rings. The molecule has 2 amide bonds. The highest BCUT2D eigenvalue weighted by atomic mass is 19.1. The van der Waals surface area contributed by atoms with E-state index in [0.717, 1.165) is 12.0 Å². The number of ether oxygens (including phenoxy) is 1. The predicted octanol–water partition coefficient (Wildman–Crippen LogP) is 2.88. The molecule has 2 aromatic carbocycles. The van der Waals surface area contributed by atoms with Gasteiger partial charge in [0.1, 0.15) is 17.6 Å². The van der Waals surface area contributed by atoms with E-state index in [2.05, 4.69) is 5.32 Å². The smallest absolute Gasteiger partial charge is 0.345 e. The van der Waals surface area contributed by atoms with E-state index in [9.17, 15) is 23.9 Å². The van der Waals surface area contributed by atoms with Gasteiger partial charge in [0, 0.05) is 31.5 Å². The lowest BCUT2D eigenvalue weighted by Gasteiger charge is -2.25. The lowest BCUT2D eigenvalue weighted by atomic mass is 10.0. The number of halogens is 1. The zero-order valence-corrected chi connectivity index (χ0v) is 20.7. The molecule has 3 rings (SSSR count). The van der Waals surface area contributed by atoms with Crippen LogP contribution in [0, 0.1) is 11.7 Å². The number of nitrogens with one attached hydrogen (secondary N) is 1. The molecule has 2 aromatic rings. The van der Waals surface area contributed by atoms with Crippen LogP contribution in [0.4, 0.5) is 4.39 Å². The third kappa shape index (κ3) is 7.27. The molecular weight excluding hydrogens is 465 g/mol. The van der Waals surface area contributed by atoms with Crippen molar-refractivity contribution in [2.45, 2.75) is 64.3 Å². The molecule has 1 heterocycles. The fourth-order valence-corrected chi connectivity index (χ4v) is 4.31. The van der Waals surface area contributed by atoms with Crippen LogP contribution in [0.1, 0.15) is 44.2 Å². The number of hydrogen-bond acceptors (Lipinski definition) is 5. The molecule has 36 heavy (non-hydrogen) atoms. The number of likely N-dealkylation sites (tertiary alicyclic amines) is 1. The van der Waals surface area contributed by atoms with Crippen molar-refractivity contribution >= 4 is 17.8 Å². The van der Waals surface area contributed by atoms with Crippen LogP contribution in [-0.2, 0) is 27.3 Å². The minimum Gasteiger partial charge on any atom is -0.478 e. The van der Waals surface area contributed by atoms with Gasteiger partial charge in [-0.2, -0.15) is 0 Å². The molecule has 4 N–H and O–H groups in total. The number of nitrogens with zero attached hydrogens (tertiary/aromatic N) is 1. The average Bonchev–Trinajstić information content (AvgIpc) is 3.33. The third-order valence-corrected chi connectivity index (χ3v) is 6.25. The summed E-state index contributed by atoms with van der Waals surface area (Å²) in [5.74, 6) is -1.57. The summed E-state index contributed by atoms with van der Waals surface area (Å²) in [6, 6.07) is 12.1.